The molecule has 0 saturated carbocycles. The first-order chi connectivity index (χ1) is 11.7. The van der Waals surface area contributed by atoms with Crippen LogP contribution in [0.4, 0.5) is 10.1 Å². The van der Waals surface area contributed by atoms with Gasteiger partial charge < -0.3 is 15.8 Å². The maximum absolute atomic E-state index is 14.3. The standard InChI is InChI=1S/C19H25FN2O2Si/c1-24-12-13-5-7-14(8-6-13)18(21)19(23)22-15-9-10-17(16(20)11-15)25(2,3)4/h5-11,18H,12,21H2,1-4H3,(H,22,23). The molecule has 0 aliphatic heterocycles. The highest BCUT2D eigenvalue weighted by Gasteiger charge is 2.22. The van der Waals surface area contributed by atoms with Gasteiger partial charge in [0, 0.05) is 12.8 Å². The smallest absolute Gasteiger partial charge is 0.245 e. The summed E-state index contributed by atoms with van der Waals surface area (Å²) in [4.78, 5) is 12.3. The zero-order valence-corrected chi connectivity index (χ0v) is 16.1. The predicted molar refractivity (Wildman–Crippen MR) is 102 cm³/mol. The van der Waals surface area contributed by atoms with Gasteiger partial charge in [-0.1, -0.05) is 50.0 Å². The van der Waals surface area contributed by atoms with E-state index in [1.165, 1.54) is 6.07 Å². The third-order valence-corrected chi connectivity index (χ3v) is 6.00. The molecule has 2 aromatic carbocycles. The first-order valence-electron chi connectivity index (χ1n) is 8.16. The molecule has 1 amide bonds. The second-order valence-corrected chi connectivity index (χ2v) is 12.1. The number of nitrogens with one attached hydrogen (secondary N) is 1. The Kier molecular flexibility index (Phi) is 6.10. The molecule has 1 atom stereocenters. The Labute approximate surface area is 149 Å². The Morgan fingerprint density at radius 1 is 1.20 bits per heavy atom. The summed E-state index contributed by atoms with van der Waals surface area (Å²) in [6, 6.07) is 11.4. The molecule has 134 valence electrons. The molecule has 0 aromatic heterocycles. The van der Waals surface area contributed by atoms with Gasteiger partial charge in [-0.05, 0) is 28.4 Å². The van der Waals surface area contributed by atoms with Crippen LogP contribution in [0.25, 0.3) is 0 Å². The van der Waals surface area contributed by atoms with E-state index >= 15 is 0 Å². The van der Waals surface area contributed by atoms with Crippen molar-refractivity contribution in [2.75, 3.05) is 12.4 Å². The molecule has 0 radical (unpaired) electrons. The van der Waals surface area contributed by atoms with Crippen molar-refractivity contribution in [1.82, 2.24) is 0 Å². The number of hydrogen-bond acceptors (Lipinski definition) is 3. The normalized spacial score (nSPS) is 12.7. The van der Waals surface area contributed by atoms with Crippen molar-refractivity contribution in [2.24, 2.45) is 5.73 Å². The Morgan fingerprint density at radius 2 is 1.84 bits per heavy atom. The average Bonchev–Trinajstić information content (AvgIpc) is 2.54. The fourth-order valence-corrected chi connectivity index (χ4v) is 3.93. The van der Waals surface area contributed by atoms with Crippen molar-refractivity contribution in [3.63, 3.8) is 0 Å². The molecule has 4 nitrogen and oxygen atoms in total. The molecule has 2 aromatic rings. The van der Waals surface area contributed by atoms with E-state index in [9.17, 15) is 9.18 Å². The number of rotatable bonds is 6. The largest absolute Gasteiger partial charge is 0.380 e. The Balaban J connectivity index is 2.09. The van der Waals surface area contributed by atoms with Gasteiger partial charge in [0.05, 0.1) is 14.7 Å². The molecule has 0 fully saturated rings. The van der Waals surface area contributed by atoms with Gasteiger partial charge >= 0.3 is 0 Å². The quantitative estimate of drug-likeness (QED) is 0.778. The molecular weight excluding hydrogens is 335 g/mol. The third-order valence-electron chi connectivity index (χ3n) is 3.98. The highest BCUT2D eigenvalue weighted by atomic mass is 28.3. The minimum Gasteiger partial charge on any atom is -0.380 e. The number of halogens is 1. The molecular formula is C19H25FN2O2Si. The number of carbonyl (C=O) groups excluding carboxylic acids is 1. The van der Waals surface area contributed by atoms with E-state index in [2.05, 4.69) is 25.0 Å². The summed E-state index contributed by atoms with van der Waals surface area (Å²) in [6.45, 7) is 6.73. The summed E-state index contributed by atoms with van der Waals surface area (Å²) in [6.07, 6.45) is 0. The number of hydrogen-bond donors (Lipinski definition) is 2. The van der Waals surface area contributed by atoms with Crippen LogP contribution in [0.3, 0.4) is 0 Å². The fraction of sp³-hybridized carbons (Fsp3) is 0.316. The van der Waals surface area contributed by atoms with Crippen molar-refractivity contribution >= 4 is 24.9 Å². The second kappa shape index (κ2) is 7.90. The molecule has 3 N–H and O–H groups in total. The zero-order chi connectivity index (χ0) is 18.6. The number of carbonyl (C=O) groups is 1. The summed E-state index contributed by atoms with van der Waals surface area (Å²) < 4.78 is 19.3. The van der Waals surface area contributed by atoms with Crippen LogP contribution in [0.15, 0.2) is 42.5 Å². The van der Waals surface area contributed by atoms with Crippen molar-refractivity contribution in [2.45, 2.75) is 32.3 Å². The molecule has 25 heavy (non-hydrogen) atoms. The number of anilines is 1. The van der Waals surface area contributed by atoms with Gasteiger partial charge in [0.2, 0.25) is 5.91 Å². The van der Waals surface area contributed by atoms with Crippen LogP contribution in [0.5, 0.6) is 0 Å². The van der Waals surface area contributed by atoms with Crippen molar-refractivity contribution in [3.05, 3.63) is 59.4 Å². The number of ether oxygens (including phenoxy) is 1. The highest BCUT2D eigenvalue weighted by Crippen LogP contribution is 2.17. The van der Waals surface area contributed by atoms with E-state index < -0.39 is 14.1 Å². The predicted octanol–water partition coefficient (Wildman–Crippen LogP) is 3.16. The van der Waals surface area contributed by atoms with Gasteiger partial charge in [0.15, 0.2) is 0 Å². The first kappa shape index (κ1) is 19.3. The molecule has 0 heterocycles. The minimum atomic E-state index is -1.75. The minimum absolute atomic E-state index is 0.283. The summed E-state index contributed by atoms with van der Waals surface area (Å²) in [7, 11) is -0.126. The van der Waals surface area contributed by atoms with Crippen molar-refractivity contribution < 1.29 is 13.9 Å². The van der Waals surface area contributed by atoms with E-state index in [1.807, 2.05) is 12.1 Å². The van der Waals surface area contributed by atoms with E-state index in [1.54, 1.807) is 31.4 Å². The number of methoxy groups -OCH3 is 1. The van der Waals surface area contributed by atoms with Crippen LogP contribution >= 0.6 is 0 Å². The van der Waals surface area contributed by atoms with Crippen LogP contribution in [-0.4, -0.2) is 21.1 Å². The van der Waals surface area contributed by atoms with Gasteiger partial charge in [-0.25, -0.2) is 4.39 Å². The summed E-state index contributed by atoms with van der Waals surface area (Å²) in [5.41, 5.74) is 8.12. The van der Waals surface area contributed by atoms with Crippen molar-refractivity contribution in [3.8, 4) is 0 Å². The molecule has 2 rings (SSSR count). The van der Waals surface area contributed by atoms with Gasteiger partial charge in [-0.15, -0.1) is 0 Å². The SMILES string of the molecule is COCc1ccc(C(N)C(=O)Nc2ccc([Si](C)(C)C)c(F)c2)cc1. The summed E-state index contributed by atoms with van der Waals surface area (Å²) in [5, 5.41) is 3.43. The lowest BCUT2D eigenvalue weighted by atomic mass is 10.0. The molecule has 1 unspecified atom stereocenters. The summed E-state index contributed by atoms with van der Waals surface area (Å²) >= 11 is 0. The maximum Gasteiger partial charge on any atom is 0.245 e. The van der Waals surface area contributed by atoms with Crippen LogP contribution in [-0.2, 0) is 16.1 Å². The van der Waals surface area contributed by atoms with Crippen LogP contribution in [0.1, 0.15) is 17.2 Å². The molecule has 0 aliphatic rings. The van der Waals surface area contributed by atoms with E-state index in [-0.39, 0.29) is 11.7 Å². The lowest BCUT2D eigenvalue weighted by molar-refractivity contribution is -0.117. The summed E-state index contributed by atoms with van der Waals surface area (Å²) in [5.74, 6) is -0.658. The van der Waals surface area contributed by atoms with E-state index in [0.717, 1.165) is 10.8 Å². The van der Waals surface area contributed by atoms with Gasteiger partial charge in [0.1, 0.15) is 11.9 Å². The molecule has 0 spiro atoms. The van der Waals surface area contributed by atoms with Crippen LogP contribution in [0, 0.1) is 5.82 Å². The lowest BCUT2D eigenvalue weighted by Gasteiger charge is -2.19. The molecule has 0 saturated heterocycles. The Bertz CT molecular complexity index is 742. The number of amides is 1. The monoisotopic (exact) mass is 360 g/mol. The Hall–Kier alpha value is -2.02. The van der Waals surface area contributed by atoms with Crippen LogP contribution in [0.2, 0.25) is 19.6 Å². The highest BCUT2D eigenvalue weighted by molar-refractivity contribution is 6.88. The third kappa shape index (κ3) is 4.98. The zero-order valence-electron chi connectivity index (χ0n) is 15.1. The average molecular weight is 361 g/mol. The number of benzene rings is 2. The second-order valence-electron chi connectivity index (χ2n) is 7.09. The van der Waals surface area contributed by atoms with Crippen molar-refractivity contribution in [1.29, 1.82) is 0 Å². The molecule has 0 bridgehead atoms. The molecule has 6 heteroatoms. The maximum atomic E-state index is 14.3. The first-order valence-corrected chi connectivity index (χ1v) is 11.7. The van der Waals surface area contributed by atoms with E-state index in [4.69, 9.17) is 10.5 Å². The van der Waals surface area contributed by atoms with Gasteiger partial charge in [-0.3, -0.25) is 4.79 Å². The van der Waals surface area contributed by atoms with Gasteiger partial charge in [-0.2, -0.15) is 0 Å². The fourth-order valence-electron chi connectivity index (χ4n) is 2.56. The molecule has 0 aliphatic carbocycles. The number of nitrogens with two attached hydrogens (primary N) is 1. The van der Waals surface area contributed by atoms with Gasteiger partial charge in [0.25, 0.3) is 0 Å². The topological polar surface area (TPSA) is 64.3 Å². The van der Waals surface area contributed by atoms with E-state index in [0.29, 0.717) is 17.9 Å². The Morgan fingerprint density at radius 3 is 2.36 bits per heavy atom. The lowest BCUT2D eigenvalue weighted by Crippen LogP contribution is -2.40. The van der Waals surface area contributed by atoms with Crippen LogP contribution < -0.4 is 16.2 Å².